The van der Waals surface area contributed by atoms with Gasteiger partial charge in [-0.1, -0.05) is 13.8 Å². The second kappa shape index (κ2) is 4.60. The molecule has 3 heteroatoms. The van der Waals surface area contributed by atoms with Crippen LogP contribution in [-0.4, -0.2) is 10.5 Å². The molecule has 1 aliphatic rings. The van der Waals surface area contributed by atoms with Gasteiger partial charge in [0.25, 0.3) is 0 Å². The largest absolute Gasteiger partial charge is 0.357 e. The summed E-state index contributed by atoms with van der Waals surface area (Å²) in [6, 6.07) is 0. The number of aryl methyl sites for hydroxylation is 1. The van der Waals surface area contributed by atoms with Crippen LogP contribution in [0.15, 0.2) is 0 Å². The fraction of sp³-hybridized carbons (Fsp3) is 0.786. The van der Waals surface area contributed by atoms with Crippen LogP contribution < -0.4 is 5.32 Å². The lowest BCUT2D eigenvalue weighted by molar-refractivity contribution is 0.344. The molecule has 0 aliphatic heterocycles. The monoisotopic (exact) mass is 252 g/mol. The molecule has 2 nitrogen and oxygen atoms in total. The number of fused-ring (bicyclic) bond motifs is 1. The average molecular weight is 252 g/mol. The highest BCUT2D eigenvalue weighted by molar-refractivity contribution is 7.15. The Balaban J connectivity index is 2.12. The number of nitrogens with zero attached hydrogens (tertiary/aromatic N) is 1. The van der Waals surface area contributed by atoms with Crippen molar-refractivity contribution in [3.8, 4) is 0 Å². The Kier molecular flexibility index (Phi) is 3.48. The fourth-order valence-corrected chi connectivity index (χ4v) is 3.65. The molecule has 1 aromatic heterocycles. The van der Waals surface area contributed by atoms with Crippen molar-refractivity contribution in [2.75, 3.05) is 5.32 Å². The van der Waals surface area contributed by atoms with Crippen molar-refractivity contribution in [2.24, 2.45) is 11.8 Å². The Bertz CT molecular complexity index is 387. The summed E-state index contributed by atoms with van der Waals surface area (Å²) in [5, 5.41) is 4.59. The summed E-state index contributed by atoms with van der Waals surface area (Å²) >= 11 is 1.86. The SMILES string of the molecule is CC(C)C1CCc2nc(NC(C)(C)C)sc2C1. The zero-order valence-corrected chi connectivity index (χ0v) is 12.4. The van der Waals surface area contributed by atoms with Gasteiger partial charge in [-0.15, -0.1) is 11.3 Å². The van der Waals surface area contributed by atoms with Gasteiger partial charge in [-0.2, -0.15) is 0 Å². The van der Waals surface area contributed by atoms with Gasteiger partial charge in [0.2, 0.25) is 0 Å². The van der Waals surface area contributed by atoms with Gasteiger partial charge in [0.05, 0.1) is 5.69 Å². The summed E-state index contributed by atoms with van der Waals surface area (Å²) in [4.78, 5) is 6.25. The van der Waals surface area contributed by atoms with E-state index in [9.17, 15) is 0 Å². The van der Waals surface area contributed by atoms with Gasteiger partial charge in [0, 0.05) is 10.4 Å². The summed E-state index contributed by atoms with van der Waals surface area (Å²) in [7, 11) is 0. The highest BCUT2D eigenvalue weighted by Crippen LogP contribution is 2.35. The third-order valence-electron chi connectivity index (χ3n) is 3.40. The van der Waals surface area contributed by atoms with Crippen molar-refractivity contribution in [3.63, 3.8) is 0 Å². The van der Waals surface area contributed by atoms with E-state index in [1.165, 1.54) is 29.8 Å². The van der Waals surface area contributed by atoms with Crippen molar-refractivity contribution in [1.82, 2.24) is 4.98 Å². The highest BCUT2D eigenvalue weighted by Gasteiger charge is 2.25. The summed E-state index contributed by atoms with van der Waals surface area (Å²) < 4.78 is 0. The third kappa shape index (κ3) is 3.21. The molecule has 1 N–H and O–H groups in total. The van der Waals surface area contributed by atoms with E-state index in [1.54, 1.807) is 0 Å². The number of nitrogens with one attached hydrogen (secondary N) is 1. The van der Waals surface area contributed by atoms with Crippen molar-refractivity contribution in [2.45, 2.75) is 59.4 Å². The van der Waals surface area contributed by atoms with Crippen LogP contribution in [0.3, 0.4) is 0 Å². The van der Waals surface area contributed by atoms with Crippen LogP contribution in [0, 0.1) is 11.8 Å². The minimum absolute atomic E-state index is 0.109. The molecule has 1 heterocycles. The number of hydrogen-bond donors (Lipinski definition) is 1. The molecule has 0 bridgehead atoms. The number of thiazole rings is 1. The summed E-state index contributed by atoms with van der Waals surface area (Å²) in [6.07, 6.45) is 3.71. The third-order valence-corrected chi connectivity index (χ3v) is 4.44. The minimum Gasteiger partial charge on any atom is -0.357 e. The lowest BCUT2D eigenvalue weighted by Gasteiger charge is -2.24. The van der Waals surface area contributed by atoms with Gasteiger partial charge < -0.3 is 5.32 Å². The van der Waals surface area contributed by atoms with Gasteiger partial charge in [0.1, 0.15) is 0 Å². The van der Waals surface area contributed by atoms with Gasteiger partial charge in [0.15, 0.2) is 5.13 Å². The maximum Gasteiger partial charge on any atom is 0.183 e. The molecule has 0 saturated heterocycles. The van der Waals surface area contributed by atoms with Crippen molar-refractivity contribution >= 4 is 16.5 Å². The number of hydrogen-bond acceptors (Lipinski definition) is 3. The van der Waals surface area contributed by atoms with Crippen molar-refractivity contribution in [1.29, 1.82) is 0 Å². The van der Waals surface area contributed by atoms with Crippen LogP contribution in [-0.2, 0) is 12.8 Å². The molecule has 1 unspecified atom stereocenters. The van der Waals surface area contributed by atoms with E-state index in [1.807, 2.05) is 11.3 Å². The molecule has 17 heavy (non-hydrogen) atoms. The second-order valence-electron chi connectivity index (χ2n) is 6.51. The number of rotatable bonds is 2. The molecular weight excluding hydrogens is 228 g/mol. The topological polar surface area (TPSA) is 24.9 Å². The number of aromatic nitrogens is 1. The zero-order chi connectivity index (χ0) is 12.6. The van der Waals surface area contributed by atoms with Crippen molar-refractivity contribution in [3.05, 3.63) is 10.6 Å². The van der Waals surface area contributed by atoms with E-state index in [4.69, 9.17) is 4.98 Å². The molecule has 1 aromatic rings. The van der Waals surface area contributed by atoms with E-state index < -0.39 is 0 Å². The Morgan fingerprint density at radius 1 is 1.35 bits per heavy atom. The smallest absolute Gasteiger partial charge is 0.183 e. The van der Waals surface area contributed by atoms with Crippen LogP contribution in [0.5, 0.6) is 0 Å². The molecule has 2 rings (SSSR count). The van der Waals surface area contributed by atoms with Gasteiger partial charge in [-0.3, -0.25) is 0 Å². The van der Waals surface area contributed by atoms with E-state index in [-0.39, 0.29) is 5.54 Å². The van der Waals surface area contributed by atoms with E-state index in [0.29, 0.717) is 0 Å². The number of anilines is 1. The first-order valence-corrected chi connectivity index (χ1v) is 7.43. The molecule has 1 aliphatic carbocycles. The maximum atomic E-state index is 4.74. The molecule has 0 fully saturated rings. The van der Waals surface area contributed by atoms with Gasteiger partial charge in [-0.05, 0) is 51.9 Å². The molecule has 0 spiro atoms. The Hall–Kier alpha value is -0.570. The van der Waals surface area contributed by atoms with Crippen LogP contribution in [0.2, 0.25) is 0 Å². The van der Waals surface area contributed by atoms with E-state index in [2.05, 4.69) is 39.9 Å². The molecule has 0 saturated carbocycles. The first kappa shape index (κ1) is 12.9. The quantitative estimate of drug-likeness (QED) is 0.856. The summed E-state index contributed by atoms with van der Waals surface area (Å²) in [6.45, 7) is 11.2. The molecule has 1 atom stereocenters. The van der Waals surface area contributed by atoms with Crippen LogP contribution >= 0.6 is 11.3 Å². The Morgan fingerprint density at radius 2 is 2.06 bits per heavy atom. The molecule has 0 radical (unpaired) electrons. The molecule has 0 amide bonds. The standard InChI is InChI=1S/C14H24N2S/c1-9(2)10-6-7-11-12(8-10)17-13(15-11)16-14(3,4)5/h9-10H,6-8H2,1-5H3,(H,15,16). The summed E-state index contributed by atoms with van der Waals surface area (Å²) in [5.74, 6) is 1.65. The predicted molar refractivity (Wildman–Crippen MR) is 75.8 cm³/mol. The Morgan fingerprint density at radius 3 is 2.65 bits per heavy atom. The summed E-state index contributed by atoms with van der Waals surface area (Å²) in [5.41, 5.74) is 1.45. The average Bonchev–Trinajstić information content (AvgIpc) is 2.54. The Labute approximate surface area is 109 Å². The molecule has 96 valence electrons. The van der Waals surface area contributed by atoms with Crippen LogP contribution in [0.4, 0.5) is 5.13 Å². The minimum atomic E-state index is 0.109. The lowest BCUT2D eigenvalue weighted by atomic mass is 9.83. The second-order valence-corrected chi connectivity index (χ2v) is 7.59. The lowest BCUT2D eigenvalue weighted by Crippen LogP contribution is -2.25. The van der Waals surface area contributed by atoms with Crippen molar-refractivity contribution < 1.29 is 0 Å². The predicted octanol–water partition coefficient (Wildman–Crippen LogP) is 4.11. The first-order valence-electron chi connectivity index (χ1n) is 6.62. The zero-order valence-electron chi connectivity index (χ0n) is 11.6. The fourth-order valence-electron chi connectivity index (χ4n) is 2.34. The molecule has 0 aromatic carbocycles. The van der Waals surface area contributed by atoms with Gasteiger partial charge in [-0.25, -0.2) is 4.98 Å². The van der Waals surface area contributed by atoms with E-state index >= 15 is 0 Å². The van der Waals surface area contributed by atoms with Crippen LogP contribution in [0.1, 0.15) is 51.6 Å². The molecular formula is C14H24N2S. The van der Waals surface area contributed by atoms with E-state index in [0.717, 1.165) is 17.0 Å². The van der Waals surface area contributed by atoms with Crippen LogP contribution in [0.25, 0.3) is 0 Å². The first-order chi connectivity index (χ1) is 7.85. The highest BCUT2D eigenvalue weighted by atomic mass is 32.1. The maximum absolute atomic E-state index is 4.74. The normalized spacial score (nSPS) is 20.5. The van der Waals surface area contributed by atoms with Gasteiger partial charge >= 0.3 is 0 Å².